The molecule has 0 aromatic heterocycles. The van der Waals surface area contributed by atoms with Gasteiger partial charge in [-0.25, -0.2) is 0 Å². The van der Waals surface area contributed by atoms with Gasteiger partial charge >= 0.3 is 5.97 Å². The Hall–Kier alpha value is -1.89. The van der Waals surface area contributed by atoms with Gasteiger partial charge in [0.25, 0.3) is 0 Å². The standard InChI is InChI=1S/C20H29NO3/c1-6-12-24-19(23)17(18(22)20(3,4)5)16(14(2)13-21)15-10-8-7-9-11-15/h6,15,17H,1,7-12H2,2-5H3/b16-14-. The number of esters is 1. The Morgan fingerprint density at radius 2 is 1.88 bits per heavy atom. The average molecular weight is 331 g/mol. The molecule has 0 N–H and O–H groups in total. The maximum absolute atomic E-state index is 13.0. The molecule has 1 aliphatic carbocycles. The van der Waals surface area contributed by atoms with Crippen LogP contribution in [0.1, 0.15) is 59.8 Å². The number of carbonyl (C=O) groups excluding carboxylic acids is 2. The molecule has 1 atom stereocenters. The molecule has 1 fully saturated rings. The number of Topliss-reactive ketones (excluding diaryl/α,β-unsaturated/α-hetero) is 1. The minimum Gasteiger partial charge on any atom is -0.461 e. The fourth-order valence-corrected chi connectivity index (χ4v) is 3.27. The van der Waals surface area contributed by atoms with Gasteiger partial charge in [0.2, 0.25) is 0 Å². The third-order valence-electron chi connectivity index (χ3n) is 4.54. The van der Waals surface area contributed by atoms with Crippen molar-refractivity contribution in [3.05, 3.63) is 23.8 Å². The molecule has 1 unspecified atom stereocenters. The lowest BCUT2D eigenvalue weighted by atomic mass is 9.71. The third-order valence-corrected chi connectivity index (χ3v) is 4.54. The van der Waals surface area contributed by atoms with Crippen LogP contribution < -0.4 is 0 Å². The molecule has 0 saturated heterocycles. The largest absolute Gasteiger partial charge is 0.461 e. The monoisotopic (exact) mass is 331 g/mol. The molecule has 1 aliphatic rings. The van der Waals surface area contributed by atoms with E-state index in [9.17, 15) is 14.9 Å². The van der Waals surface area contributed by atoms with E-state index in [2.05, 4.69) is 12.6 Å². The number of ketones is 1. The molecule has 0 heterocycles. The van der Waals surface area contributed by atoms with Crippen LogP contribution in [0.2, 0.25) is 0 Å². The zero-order valence-corrected chi connectivity index (χ0v) is 15.4. The summed E-state index contributed by atoms with van der Waals surface area (Å²) >= 11 is 0. The van der Waals surface area contributed by atoms with Gasteiger partial charge in [-0.3, -0.25) is 9.59 Å². The van der Waals surface area contributed by atoms with Crippen LogP contribution in [0, 0.1) is 28.6 Å². The smallest absolute Gasteiger partial charge is 0.321 e. The molecule has 1 rings (SSSR count). The van der Waals surface area contributed by atoms with Gasteiger partial charge in [-0.1, -0.05) is 52.7 Å². The van der Waals surface area contributed by atoms with Crippen LogP contribution in [0.3, 0.4) is 0 Å². The number of nitrogens with zero attached hydrogens (tertiary/aromatic N) is 1. The Morgan fingerprint density at radius 1 is 1.29 bits per heavy atom. The van der Waals surface area contributed by atoms with E-state index in [0.717, 1.165) is 32.1 Å². The number of hydrogen-bond donors (Lipinski definition) is 0. The Balaban J connectivity index is 3.34. The first-order valence-corrected chi connectivity index (χ1v) is 8.66. The highest BCUT2D eigenvalue weighted by molar-refractivity contribution is 6.04. The van der Waals surface area contributed by atoms with Gasteiger partial charge in [-0.15, -0.1) is 0 Å². The lowest BCUT2D eigenvalue weighted by Gasteiger charge is -2.32. The molecule has 0 aromatic carbocycles. The van der Waals surface area contributed by atoms with Crippen molar-refractivity contribution < 1.29 is 14.3 Å². The van der Waals surface area contributed by atoms with E-state index in [4.69, 9.17) is 4.74 Å². The van der Waals surface area contributed by atoms with Crippen LogP contribution in [-0.4, -0.2) is 18.4 Å². The summed E-state index contributed by atoms with van der Waals surface area (Å²) < 4.78 is 5.21. The van der Waals surface area contributed by atoms with Gasteiger partial charge in [0.05, 0.1) is 6.07 Å². The summed E-state index contributed by atoms with van der Waals surface area (Å²) in [6.45, 7) is 10.7. The highest BCUT2D eigenvalue weighted by Crippen LogP contribution is 2.38. The van der Waals surface area contributed by atoms with Gasteiger partial charge in [-0.2, -0.15) is 5.26 Å². The van der Waals surface area contributed by atoms with Crippen LogP contribution >= 0.6 is 0 Å². The Labute approximate surface area is 145 Å². The van der Waals surface area contributed by atoms with Gasteiger partial charge in [0.15, 0.2) is 5.78 Å². The van der Waals surface area contributed by atoms with Crippen LogP contribution in [0.15, 0.2) is 23.8 Å². The number of ether oxygens (including phenoxy) is 1. The zero-order valence-electron chi connectivity index (χ0n) is 15.4. The first-order chi connectivity index (χ1) is 11.2. The molecule has 1 saturated carbocycles. The molecule has 0 aliphatic heterocycles. The second-order valence-corrected chi connectivity index (χ2v) is 7.49. The van der Waals surface area contributed by atoms with Crippen LogP contribution in [0.25, 0.3) is 0 Å². The lowest BCUT2D eigenvalue weighted by molar-refractivity contribution is -0.151. The minimum absolute atomic E-state index is 0.0658. The predicted molar refractivity (Wildman–Crippen MR) is 94.0 cm³/mol. The molecular weight excluding hydrogens is 302 g/mol. The summed E-state index contributed by atoms with van der Waals surface area (Å²) in [7, 11) is 0. The molecule has 4 heteroatoms. The van der Waals surface area contributed by atoms with Crippen molar-refractivity contribution in [1.29, 1.82) is 5.26 Å². The van der Waals surface area contributed by atoms with E-state index >= 15 is 0 Å². The Kier molecular flexibility index (Phi) is 7.41. The highest BCUT2D eigenvalue weighted by Gasteiger charge is 2.41. The van der Waals surface area contributed by atoms with Crippen LogP contribution in [0.4, 0.5) is 0 Å². The van der Waals surface area contributed by atoms with Crippen molar-refractivity contribution >= 4 is 11.8 Å². The topological polar surface area (TPSA) is 67.2 Å². The molecule has 0 bridgehead atoms. The minimum atomic E-state index is -0.993. The lowest BCUT2D eigenvalue weighted by Crippen LogP contribution is -2.38. The summed E-state index contributed by atoms with van der Waals surface area (Å²) in [5.74, 6) is -1.64. The fourth-order valence-electron chi connectivity index (χ4n) is 3.27. The van der Waals surface area contributed by atoms with E-state index in [1.54, 1.807) is 27.7 Å². The highest BCUT2D eigenvalue weighted by atomic mass is 16.5. The maximum Gasteiger partial charge on any atom is 0.321 e. The Bertz CT molecular complexity index is 554. The summed E-state index contributed by atoms with van der Waals surface area (Å²) in [6.07, 6.45) is 6.59. The molecule has 132 valence electrons. The maximum atomic E-state index is 13.0. The molecule has 0 aromatic rings. The predicted octanol–water partition coefficient (Wildman–Crippen LogP) is 4.37. The van der Waals surface area contributed by atoms with Gasteiger partial charge in [0.1, 0.15) is 12.5 Å². The van der Waals surface area contributed by atoms with Crippen molar-refractivity contribution in [2.24, 2.45) is 17.3 Å². The van der Waals surface area contributed by atoms with Gasteiger partial charge in [-0.05, 0) is 31.3 Å². The molecule has 0 radical (unpaired) electrons. The van der Waals surface area contributed by atoms with E-state index in [0.29, 0.717) is 11.1 Å². The third kappa shape index (κ3) is 5.06. The van der Waals surface area contributed by atoms with Crippen molar-refractivity contribution in [3.8, 4) is 6.07 Å². The van der Waals surface area contributed by atoms with Crippen molar-refractivity contribution in [1.82, 2.24) is 0 Å². The van der Waals surface area contributed by atoms with E-state index in [1.165, 1.54) is 6.08 Å². The van der Waals surface area contributed by atoms with E-state index < -0.39 is 17.3 Å². The van der Waals surface area contributed by atoms with Crippen molar-refractivity contribution in [2.75, 3.05) is 6.61 Å². The summed E-state index contributed by atoms with van der Waals surface area (Å²) in [5, 5.41) is 9.44. The van der Waals surface area contributed by atoms with Crippen LogP contribution in [-0.2, 0) is 14.3 Å². The molecule has 0 spiro atoms. The van der Waals surface area contributed by atoms with Gasteiger partial charge < -0.3 is 4.74 Å². The number of rotatable bonds is 6. The molecule has 24 heavy (non-hydrogen) atoms. The SMILES string of the molecule is C=CCOC(=O)C(C(=O)C(C)(C)C)/C(=C(/C)C#N)C1CCCCC1. The van der Waals surface area contributed by atoms with Crippen LogP contribution in [0.5, 0.6) is 0 Å². The van der Waals surface area contributed by atoms with Crippen molar-refractivity contribution in [2.45, 2.75) is 59.8 Å². The second-order valence-electron chi connectivity index (χ2n) is 7.49. The summed E-state index contributed by atoms with van der Waals surface area (Å²) in [6, 6.07) is 2.16. The number of nitriles is 1. The number of hydrogen-bond acceptors (Lipinski definition) is 4. The Morgan fingerprint density at radius 3 is 2.33 bits per heavy atom. The summed E-state index contributed by atoms with van der Waals surface area (Å²) in [4.78, 5) is 25.7. The quantitative estimate of drug-likeness (QED) is 0.314. The fraction of sp³-hybridized carbons (Fsp3) is 0.650. The molecule has 4 nitrogen and oxygen atoms in total. The summed E-state index contributed by atoms with van der Waals surface area (Å²) in [5.41, 5.74) is 0.458. The number of carbonyl (C=O) groups is 2. The first kappa shape index (κ1) is 20.2. The molecular formula is C20H29NO3. The number of allylic oxidation sites excluding steroid dienone is 1. The van der Waals surface area contributed by atoms with Gasteiger partial charge in [0, 0.05) is 11.0 Å². The first-order valence-electron chi connectivity index (χ1n) is 8.66. The average Bonchev–Trinajstić information content (AvgIpc) is 2.56. The van der Waals surface area contributed by atoms with E-state index in [1.807, 2.05) is 0 Å². The normalized spacial score (nSPS) is 18.1. The van der Waals surface area contributed by atoms with E-state index in [-0.39, 0.29) is 18.3 Å². The molecule has 0 amide bonds. The van der Waals surface area contributed by atoms with Crippen molar-refractivity contribution in [3.63, 3.8) is 0 Å². The second kappa shape index (κ2) is 8.82. The zero-order chi connectivity index (χ0) is 18.3.